The summed E-state index contributed by atoms with van der Waals surface area (Å²) in [5.41, 5.74) is 3.26. The maximum absolute atomic E-state index is 6.71. The summed E-state index contributed by atoms with van der Waals surface area (Å²) >= 11 is 6.71. The van der Waals surface area contributed by atoms with E-state index in [1.165, 1.54) is 0 Å². The zero-order valence-corrected chi connectivity index (χ0v) is 25.5. The van der Waals surface area contributed by atoms with E-state index in [-0.39, 0.29) is 0 Å². The molecule has 0 spiro atoms. The Balaban J connectivity index is 1.64. The molecule has 198 valence electrons. The number of halogens is 1. The molecule has 0 aliphatic rings. The minimum atomic E-state index is -1.19. The van der Waals surface area contributed by atoms with E-state index < -0.39 is 16.1 Å². The van der Waals surface area contributed by atoms with Gasteiger partial charge in [-0.25, -0.2) is 4.98 Å². The van der Waals surface area contributed by atoms with Gasteiger partial charge < -0.3 is 14.4 Å². The number of fused-ring (bicyclic) bond motifs is 2. The number of aromatic nitrogens is 4. The van der Waals surface area contributed by atoms with E-state index >= 15 is 0 Å². The second kappa shape index (κ2) is 11.6. The van der Waals surface area contributed by atoms with Crippen molar-refractivity contribution in [1.29, 1.82) is 0 Å². The lowest BCUT2D eigenvalue weighted by atomic mass is 10.1. The summed E-state index contributed by atoms with van der Waals surface area (Å²) in [7, 11) is -2.37. The van der Waals surface area contributed by atoms with Crippen molar-refractivity contribution in [3.8, 4) is 11.1 Å². The molecule has 7 nitrogen and oxygen atoms in total. The molecule has 0 saturated heterocycles. The Labute approximate surface area is 226 Å². The van der Waals surface area contributed by atoms with Crippen LogP contribution in [0.1, 0.15) is 0 Å². The monoisotopic (exact) mass is 555 g/mol. The number of anilines is 1. The Morgan fingerprint density at radius 1 is 0.892 bits per heavy atom. The van der Waals surface area contributed by atoms with Gasteiger partial charge in [-0.05, 0) is 30.3 Å². The minimum absolute atomic E-state index is 0.385. The van der Waals surface area contributed by atoms with Crippen LogP contribution in [0, 0.1) is 0 Å². The smallest absolute Gasteiger partial charge is 0.166 e. The van der Waals surface area contributed by atoms with E-state index in [9.17, 15) is 0 Å². The van der Waals surface area contributed by atoms with Gasteiger partial charge >= 0.3 is 0 Å². The molecular formula is C27H38ClN5O2Si2. The van der Waals surface area contributed by atoms with Crippen molar-refractivity contribution in [3.63, 3.8) is 0 Å². The van der Waals surface area contributed by atoms with Crippen molar-refractivity contribution >= 4 is 50.1 Å². The van der Waals surface area contributed by atoms with Crippen molar-refractivity contribution in [3.05, 3.63) is 53.9 Å². The third kappa shape index (κ3) is 7.39. The highest BCUT2D eigenvalue weighted by Gasteiger charge is 2.21. The molecule has 0 atom stereocenters. The van der Waals surface area contributed by atoms with E-state index in [0.717, 1.165) is 53.1 Å². The van der Waals surface area contributed by atoms with Gasteiger partial charge in [0.05, 0.1) is 11.1 Å². The second-order valence-electron chi connectivity index (χ2n) is 11.9. The number of ether oxygens (including phenoxy) is 2. The average molecular weight is 556 g/mol. The van der Waals surface area contributed by atoms with Crippen molar-refractivity contribution in [2.24, 2.45) is 0 Å². The van der Waals surface area contributed by atoms with Crippen LogP contribution in [0.2, 0.25) is 56.5 Å². The normalized spacial score (nSPS) is 12.5. The van der Waals surface area contributed by atoms with Crippen LogP contribution in [0.25, 0.3) is 27.7 Å². The van der Waals surface area contributed by atoms with Crippen LogP contribution in [0.4, 0.5) is 5.82 Å². The van der Waals surface area contributed by atoms with Gasteiger partial charge in [-0.15, -0.1) is 0 Å². The number of nitrogens with zero attached hydrogens (tertiary/aromatic N) is 5. The molecular weight excluding hydrogens is 518 g/mol. The molecule has 0 fully saturated rings. The Hall–Kier alpha value is -2.31. The molecule has 37 heavy (non-hydrogen) atoms. The molecule has 0 aliphatic heterocycles. The van der Waals surface area contributed by atoms with E-state index in [2.05, 4.69) is 65.3 Å². The Morgan fingerprint density at radius 2 is 1.54 bits per heavy atom. The molecule has 10 heteroatoms. The lowest BCUT2D eigenvalue weighted by molar-refractivity contribution is 0.0942. The van der Waals surface area contributed by atoms with Crippen LogP contribution in [-0.4, -0.2) is 62.4 Å². The van der Waals surface area contributed by atoms with Gasteiger partial charge in [-0.1, -0.05) is 69.1 Å². The van der Waals surface area contributed by atoms with Gasteiger partial charge in [-0.3, -0.25) is 4.98 Å². The Bertz CT molecular complexity index is 1330. The standard InChI is InChI=1S/C27H38ClN5O2Si2/c1-36(2,3)15-13-34-19-32(20-35-14-16-37(4,5)6)24-11-12-29-27-25(26(28)31-33(24)27)22-17-21-9-7-8-10-23(21)30-18-22/h7-12,17-18H,13-16,19-20H2,1-6H3. The summed E-state index contributed by atoms with van der Waals surface area (Å²) in [5, 5.41) is 6.11. The number of rotatable bonds is 12. The van der Waals surface area contributed by atoms with Crippen molar-refractivity contribution in [2.75, 3.05) is 31.6 Å². The third-order valence-corrected chi connectivity index (χ3v) is 9.82. The lowest BCUT2D eigenvalue weighted by Crippen LogP contribution is -2.33. The zero-order valence-electron chi connectivity index (χ0n) is 22.8. The van der Waals surface area contributed by atoms with Crippen molar-refractivity contribution in [1.82, 2.24) is 19.6 Å². The van der Waals surface area contributed by atoms with Crippen LogP contribution >= 0.6 is 11.6 Å². The van der Waals surface area contributed by atoms with Gasteiger partial charge in [0.25, 0.3) is 0 Å². The summed E-state index contributed by atoms with van der Waals surface area (Å²) in [6, 6.07) is 14.3. The zero-order chi connectivity index (χ0) is 26.6. The van der Waals surface area contributed by atoms with Crippen molar-refractivity contribution < 1.29 is 9.47 Å². The number of hydrogen-bond acceptors (Lipinski definition) is 6. The van der Waals surface area contributed by atoms with Crippen LogP contribution in [0.15, 0.2) is 48.8 Å². The molecule has 0 unspecified atom stereocenters. The van der Waals surface area contributed by atoms with Crippen LogP contribution in [0.3, 0.4) is 0 Å². The maximum atomic E-state index is 6.71. The first-order valence-corrected chi connectivity index (χ1v) is 20.6. The minimum Gasteiger partial charge on any atom is -0.361 e. The van der Waals surface area contributed by atoms with E-state index in [4.69, 9.17) is 21.1 Å². The summed E-state index contributed by atoms with van der Waals surface area (Å²) in [6.45, 7) is 16.4. The second-order valence-corrected chi connectivity index (χ2v) is 23.5. The highest BCUT2D eigenvalue weighted by atomic mass is 35.5. The molecule has 0 radical (unpaired) electrons. The molecule has 0 bridgehead atoms. The van der Waals surface area contributed by atoms with Crippen LogP contribution < -0.4 is 4.90 Å². The van der Waals surface area contributed by atoms with Gasteiger partial charge in [0, 0.05) is 52.7 Å². The molecule has 0 aliphatic carbocycles. The topological polar surface area (TPSA) is 64.8 Å². The molecule has 3 heterocycles. The van der Waals surface area contributed by atoms with Crippen molar-refractivity contribution in [2.45, 2.75) is 51.4 Å². The fourth-order valence-electron chi connectivity index (χ4n) is 3.88. The third-order valence-electron chi connectivity index (χ3n) is 6.15. The molecule has 4 rings (SSSR count). The van der Waals surface area contributed by atoms with Crippen LogP contribution in [0.5, 0.6) is 0 Å². The Kier molecular flexibility index (Phi) is 8.70. The first-order valence-electron chi connectivity index (χ1n) is 12.8. The predicted molar refractivity (Wildman–Crippen MR) is 159 cm³/mol. The fraction of sp³-hybridized carbons (Fsp3) is 0.444. The number of benzene rings is 1. The quantitative estimate of drug-likeness (QED) is 0.106. The summed E-state index contributed by atoms with van der Waals surface area (Å²) in [5.74, 6) is 0.827. The Morgan fingerprint density at radius 3 is 2.19 bits per heavy atom. The van der Waals surface area contributed by atoms with Gasteiger partial charge in [0.15, 0.2) is 10.8 Å². The number of pyridine rings is 1. The number of hydrogen-bond donors (Lipinski definition) is 0. The predicted octanol–water partition coefficient (Wildman–Crippen LogP) is 7.03. The maximum Gasteiger partial charge on any atom is 0.166 e. The molecule has 0 amide bonds. The summed E-state index contributed by atoms with van der Waals surface area (Å²) < 4.78 is 14.0. The largest absolute Gasteiger partial charge is 0.361 e. The average Bonchev–Trinajstić information content (AvgIpc) is 3.17. The van der Waals surface area contributed by atoms with Gasteiger partial charge in [0.1, 0.15) is 19.3 Å². The highest BCUT2D eigenvalue weighted by Crippen LogP contribution is 2.33. The molecule has 1 aromatic carbocycles. The van der Waals surface area contributed by atoms with Gasteiger partial charge in [0.2, 0.25) is 0 Å². The van der Waals surface area contributed by atoms with E-state index in [1.807, 2.05) is 36.5 Å². The molecule has 0 saturated carbocycles. The highest BCUT2D eigenvalue weighted by molar-refractivity contribution is 6.76. The summed E-state index contributed by atoms with van der Waals surface area (Å²) in [4.78, 5) is 11.3. The molecule has 4 aromatic rings. The van der Waals surface area contributed by atoms with Crippen LogP contribution in [-0.2, 0) is 9.47 Å². The molecule has 3 aromatic heterocycles. The molecule has 0 N–H and O–H groups in total. The summed E-state index contributed by atoms with van der Waals surface area (Å²) in [6.07, 6.45) is 3.62. The number of para-hydroxylation sites is 1. The van der Waals surface area contributed by atoms with E-state index in [1.54, 1.807) is 10.7 Å². The first-order chi connectivity index (χ1) is 17.5. The first kappa shape index (κ1) is 27.7. The fourth-order valence-corrected chi connectivity index (χ4v) is 5.66. The lowest BCUT2D eigenvalue weighted by Gasteiger charge is -2.26. The SMILES string of the molecule is C[Si](C)(C)CCOCN(COCC[Si](C)(C)C)c1ccnc2c(-c3cnc4ccccc4c3)c(Cl)nn12. The van der Waals surface area contributed by atoms with E-state index in [0.29, 0.717) is 24.3 Å². The van der Waals surface area contributed by atoms with Gasteiger partial charge in [-0.2, -0.15) is 9.61 Å².